The molecule has 0 unspecified atom stereocenters. The predicted octanol–water partition coefficient (Wildman–Crippen LogP) is 2.86. The quantitative estimate of drug-likeness (QED) is 0.880. The number of amides is 1. The third kappa shape index (κ3) is 2.93. The minimum absolute atomic E-state index is 0.0732. The van der Waals surface area contributed by atoms with Gasteiger partial charge in [-0.3, -0.25) is 4.79 Å². The SMILES string of the molecule is CCC(C#N)(CC)NC(=O)c1cc(Cl)ccc1O. The molecular weight excluding hydrogens is 252 g/mol. The van der Waals surface area contributed by atoms with Crippen LogP contribution in [0.2, 0.25) is 5.02 Å². The molecule has 0 bridgehead atoms. The number of nitrogens with one attached hydrogen (secondary N) is 1. The maximum Gasteiger partial charge on any atom is 0.256 e. The summed E-state index contributed by atoms with van der Waals surface area (Å²) in [6, 6.07) is 6.32. The highest BCUT2D eigenvalue weighted by molar-refractivity contribution is 6.31. The van der Waals surface area contributed by atoms with Crippen molar-refractivity contribution in [1.29, 1.82) is 5.26 Å². The molecule has 0 heterocycles. The van der Waals surface area contributed by atoms with Crippen molar-refractivity contribution >= 4 is 17.5 Å². The lowest BCUT2D eigenvalue weighted by Gasteiger charge is -2.25. The lowest BCUT2D eigenvalue weighted by atomic mass is 9.94. The van der Waals surface area contributed by atoms with E-state index >= 15 is 0 Å². The fourth-order valence-corrected chi connectivity index (χ4v) is 1.76. The van der Waals surface area contributed by atoms with Gasteiger partial charge in [-0.05, 0) is 31.0 Å². The number of nitrogens with zero attached hydrogens (tertiary/aromatic N) is 1. The van der Waals surface area contributed by atoms with Gasteiger partial charge < -0.3 is 10.4 Å². The number of benzene rings is 1. The number of halogens is 1. The van der Waals surface area contributed by atoms with Crippen LogP contribution in [0.15, 0.2) is 18.2 Å². The molecule has 0 radical (unpaired) electrons. The van der Waals surface area contributed by atoms with E-state index in [0.717, 1.165) is 0 Å². The first-order valence-corrected chi connectivity index (χ1v) is 6.08. The molecule has 2 N–H and O–H groups in total. The fourth-order valence-electron chi connectivity index (χ4n) is 1.59. The van der Waals surface area contributed by atoms with E-state index in [2.05, 4.69) is 11.4 Å². The van der Waals surface area contributed by atoms with E-state index < -0.39 is 11.4 Å². The summed E-state index contributed by atoms with van der Waals surface area (Å²) < 4.78 is 0. The Morgan fingerprint density at radius 2 is 2.11 bits per heavy atom. The van der Waals surface area contributed by atoms with E-state index in [1.807, 2.05) is 13.8 Å². The molecule has 0 atom stereocenters. The molecule has 1 rings (SSSR count). The third-order valence-corrected chi connectivity index (χ3v) is 3.21. The molecule has 1 aromatic rings. The number of phenols is 1. The molecule has 5 heteroatoms. The van der Waals surface area contributed by atoms with Crippen molar-refractivity contribution in [1.82, 2.24) is 5.32 Å². The van der Waals surface area contributed by atoms with Gasteiger partial charge in [0, 0.05) is 5.02 Å². The monoisotopic (exact) mass is 266 g/mol. The molecule has 1 aromatic carbocycles. The Bertz CT molecular complexity index is 490. The first kappa shape index (κ1) is 14.3. The highest BCUT2D eigenvalue weighted by atomic mass is 35.5. The van der Waals surface area contributed by atoms with E-state index in [0.29, 0.717) is 17.9 Å². The zero-order chi connectivity index (χ0) is 13.8. The molecule has 96 valence electrons. The minimum Gasteiger partial charge on any atom is -0.507 e. The molecule has 0 aromatic heterocycles. The molecular formula is C13H15ClN2O2. The molecule has 0 aliphatic rings. The maximum atomic E-state index is 12.0. The summed E-state index contributed by atoms with van der Waals surface area (Å²) in [5.74, 6) is -0.656. The van der Waals surface area contributed by atoms with Gasteiger partial charge in [0.2, 0.25) is 0 Å². The standard InChI is InChI=1S/C13H15ClN2O2/c1-3-13(4-2,8-15)16-12(18)10-7-9(14)5-6-11(10)17/h5-7,17H,3-4H2,1-2H3,(H,16,18). The van der Waals surface area contributed by atoms with Crippen LogP contribution in [-0.2, 0) is 0 Å². The number of hydrogen-bond donors (Lipinski definition) is 2. The Morgan fingerprint density at radius 3 is 2.61 bits per heavy atom. The molecule has 0 fully saturated rings. The van der Waals surface area contributed by atoms with Crippen molar-refractivity contribution in [3.63, 3.8) is 0 Å². The summed E-state index contributed by atoms with van der Waals surface area (Å²) in [5, 5.41) is 21.8. The van der Waals surface area contributed by atoms with E-state index in [1.165, 1.54) is 18.2 Å². The fraction of sp³-hybridized carbons (Fsp3) is 0.385. The summed E-state index contributed by atoms with van der Waals surface area (Å²) in [6.07, 6.45) is 0.986. The number of nitriles is 1. The summed E-state index contributed by atoms with van der Waals surface area (Å²) in [7, 11) is 0. The van der Waals surface area contributed by atoms with Gasteiger partial charge in [-0.2, -0.15) is 5.26 Å². The summed E-state index contributed by atoms with van der Waals surface area (Å²) >= 11 is 5.78. The predicted molar refractivity (Wildman–Crippen MR) is 69.5 cm³/mol. The van der Waals surface area contributed by atoms with Crippen molar-refractivity contribution < 1.29 is 9.90 Å². The normalized spacial score (nSPS) is 10.8. The topological polar surface area (TPSA) is 73.1 Å². The second-order valence-electron chi connectivity index (χ2n) is 4.02. The Balaban J connectivity index is 3.02. The van der Waals surface area contributed by atoms with Crippen molar-refractivity contribution in [2.24, 2.45) is 0 Å². The molecule has 1 amide bonds. The van der Waals surface area contributed by atoms with Crippen molar-refractivity contribution in [3.8, 4) is 11.8 Å². The van der Waals surface area contributed by atoms with Crippen LogP contribution in [0.25, 0.3) is 0 Å². The maximum absolute atomic E-state index is 12.0. The van der Waals surface area contributed by atoms with Gasteiger partial charge in [0.15, 0.2) is 0 Å². The largest absolute Gasteiger partial charge is 0.507 e. The highest BCUT2D eigenvalue weighted by Gasteiger charge is 2.29. The van der Waals surface area contributed by atoms with E-state index in [1.54, 1.807) is 0 Å². The third-order valence-electron chi connectivity index (χ3n) is 2.98. The molecule has 0 spiro atoms. The minimum atomic E-state index is -0.911. The summed E-state index contributed by atoms with van der Waals surface area (Å²) in [6.45, 7) is 3.65. The highest BCUT2D eigenvalue weighted by Crippen LogP contribution is 2.23. The smallest absolute Gasteiger partial charge is 0.256 e. The van der Waals surface area contributed by atoms with Gasteiger partial charge in [0.05, 0.1) is 11.6 Å². The van der Waals surface area contributed by atoms with Crippen molar-refractivity contribution in [2.45, 2.75) is 32.2 Å². The zero-order valence-electron chi connectivity index (χ0n) is 10.3. The summed E-state index contributed by atoms with van der Waals surface area (Å²) in [4.78, 5) is 12.0. The Morgan fingerprint density at radius 1 is 1.50 bits per heavy atom. The average Bonchev–Trinajstić information content (AvgIpc) is 2.38. The van der Waals surface area contributed by atoms with E-state index in [-0.39, 0.29) is 11.3 Å². The Hall–Kier alpha value is -1.73. The van der Waals surface area contributed by atoms with Crippen LogP contribution in [-0.4, -0.2) is 16.6 Å². The summed E-state index contributed by atoms with van der Waals surface area (Å²) in [5.41, 5.74) is -0.838. The van der Waals surface area contributed by atoms with Crippen LogP contribution in [0.5, 0.6) is 5.75 Å². The van der Waals surface area contributed by atoms with Crippen LogP contribution in [0, 0.1) is 11.3 Å². The first-order valence-electron chi connectivity index (χ1n) is 5.70. The molecule has 0 aliphatic carbocycles. The second kappa shape index (κ2) is 5.74. The van der Waals surface area contributed by atoms with Gasteiger partial charge in [-0.25, -0.2) is 0 Å². The van der Waals surface area contributed by atoms with Crippen LogP contribution in [0.3, 0.4) is 0 Å². The zero-order valence-corrected chi connectivity index (χ0v) is 11.1. The van der Waals surface area contributed by atoms with Crippen LogP contribution in [0.1, 0.15) is 37.0 Å². The van der Waals surface area contributed by atoms with Gasteiger partial charge >= 0.3 is 0 Å². The van der Waals surface area contributed by atoms with Crippen LogP contribution in [0.4, 0.5) is 0 Å². The van der Waals surface area contributed by atoms with Gasteiger partial charge in [-0.1, -0.05) is 25.4 Å². The number of rotatable bonds is 4. The van der Waals surface area contributed by atoms with E-state index in [9.17, 15) is 9.90 Å². The number of carbonyl (C=O) groups excluding carboxylic acids is 1. The van der Waals surface area contributed by atoms with E-state index in [4.69, 9.17) is 16.9 Å². The van der Waals surface area contributed by atoms with Crippen LogP contribution < -0.4 is 5.32 Å². The van der Waals surface area contributed by atoms with Crippen LogP contribution >= 0.6 is 11.6 Å². The molecule has 4 nitrogen and oxygen atoms in total. The number of aromatic hydroxyl groups is 1. The van der Waals surface area contributed by atoms with Gasteiger partial charge in [-0.15, -0.1) is 0 Å². The average molecular weight is 267 g/mol. The first-order chi connectivity index (χ1) is 8.48. The lowest BCUT2D eigenvalue weighted by molar-refractivity contribution is 0.0913. The molecule has 0 saturated heterocycles. The number of carbonyl (C=O) groups is 1. The van der Waals surface area contributed by atoms with Gasteiger partial charge in [0.25, 0.3) is 5.91 Å². The van der Waals surface area contributed by atoms with Gasteiger partial charge in [0.1, 0.15) is 11.3 Å². The lowest BCUT2D eigenvalue weighted by Crippen LogP contribution is -2.46. The number of hydrogen-bond acceptors (Lipinski definition) is 3. The molecule has 18 heavy (non-hydrogen) atoms. The second-order valence-corrected chi connectivity index (χ2v) is 4.45. The van der Waals surface area contributed by atoms with Crippen molar-refractivity contribution in [2.75, 3.05) is 0 Å². The molecule has 0 saturated carbocycles. The Kier molecular flexibility index (Phi) is 4.57. The number of phenolic OH excluding ortho intramolecular Hbond substituents is 1. The molecule has 0 aliphatic heterocycles. The van der Waals surface area contributed by atoms with Crippen molar-refractivity contribution in [3.05, 3.63) is 28.8 Å². The Labute approximate surface area is 111 Å².